The van der Waals surface area contributed by atoms with Crippen molar-refractivity contribution in [2.75, 3.05) is 32.7 Å². The van der Waals surface area contributed by atoms with Gasteiger partial charge in [-0.2, -0.15) is 0 Å². The van der Waals surface area contributed by atoms with Gasteiger partial charge >= 0.3 is 0 Å². The van der Waals surface area contributed by atoms with Crippen LogP contribution in [0.25, 0.3) is 0 Å². The topological polar surface area (TPSA) is 43.9 Å². The third-order valence-electron chi connectivity index (χ3n) is 8.26. The first-order valence-electron chi connectivity index (χ1n) is 15.2. The molecule has 0 N–H and O–H groups in total. The summed E-state index contributed by atoms with van der Waals surface area (Å²) in [4.78, 5) is 31.3. The van der Waals surface area contributed by atoms with Crippen LogP contribution in [0.2, 0.25) is 0 Å². The predicted octanol–water partition coefficient (Wildman–Crippen LogP) is 5.23. The van der Waals surface area contributed by atoms with Crippen LogP contribution in [-0.4, -0.2) is 65.3 Å². The molecule has 19 heteroatoms. The zero-order valence-corrected chi connectivity index (χ0v) is 37.1. The van der Waals surface area contributed by atoms with Gasteiger partial charge in [-0.1, -0.05) is 51.1 Å². The monoisotopic (exact) mass is 895 g/mol. The number of benzene rings is 2. The Bertz CT molecular complexity index is 1840. The third kappa shape index (κ3) is 14.6. The molecule has 2 aromatic carbocycles. The van der Waals surface area contributed by atoms with Crippen LogP contribution in [0.4, 0.5) is 8.78 Å². The van der Waals surface area contributed by atoms with Crippen molar-refractivity contribution in [3.05, 3.63) is 71.3 Å². The number of hydrogen-bond acceptors (Lipinski definition) is 5. The standard InChI is InChI=1S/C30H39F2N3O2.S12/c1-21(36)33-15-13-22(14-16-33)19-28(37)35-18-17-34(20-27(35)30(2,3)4)29(23-9-11-24(31)12-10-23)25-7-5-6-8-26(25)32;1-3-5-7-9-11-12-10-8-6-4-2/h5-12,22,27,29H,13-20H2,1-4H3;/t27-,29?;/m1./s1. The van der Waals surface area contributed by atoms with Gasteiger partial charge in [0.1, 0.15) is 11.6 Å². The van der Waals surface area contributed by atoms with Crippen molar-refractivity contribution >= 4 is 123 Å². The Morgan fingerprint density at radius 2 is 1.37 bits per heavy atom. The molecule has 0 aliphatic carbocycles. The number of rotatable bonds is 5. The quantitative estimate of drug-likeness (QED) is 0.412. The van der Waals surface area contributed by atoms with Crippen LogP contribution in [-0.2, 0) is 121 Å². The van der Waals surface area contributed by atoms with Crippen molar-refractivity contribution in [2.24, 2.45) is 11.3 Å². The molecule has 2 heterocycles. The molecule has 2 saturated heterocycles. The number of carbonyl (C=O) groups is 2. The number of piperidine rings is 1. The highest BCUT2D eigenvalue weighted by molar-refractivity contribution is 8.75. The average Bonchev–Trinajstić information content (AvgIpc) is 3.08. The van der Waals surface area contributed by atoms with Gasteiger partial charge in [-0.15, -0.1) is 0 Å². The van der Waals surface area contributed by atoms with E-state index in [0.29, 0.717) is 44.7 Å². The fourth-order valence-corrected chi connectivity index (χ4v) is 27.9. The lowest BCUT2D eigenvalue weighted by Gasteiger charge is -2.50. The van der Waals surface area contributed by atoms with Crippen molar-refractivity contribution in [3.8, 4) is 0 Å². The van der Waals surface area contributed by atoms with E-state index < -0.39 is 0 Å². The van der Waals surface area contributed by atoms with E-state index in [-0.39, 0.29) is 46.9 Å². The summed E-state index contributed by atoms with van der Waals surface area (Å²) in [5.74, 6) is -0.0795. The van der Waals surface area contributed by atoms with Crippen LogP contribution in [0.15, 0.2) is 48.5 Å². The lowest BCUT2D eigenvalue weighted by molar-refractivity contribution is -0.141. The number of halogens is 2. The van der Waals surface area contributed by atoms with Crippen molar-refractivity contribution in [1.29, 1.82) is 0 Å². The molecule has 2 aliphatic heterocycles. The maximum atomic E-state index is 15.0. The number of hydrogen-bond donors (Lipinski definition) is 0. The van der Waals surface area contributed by atoms with E-state index in [4.69, 9.17) is 0 Å². The molecule has 0 bridgehead atoms. The number of amides is 2. The summed E-state index contributed by atoms with van der Waals surface area (Å²) in [6.07, 6.45) is 2.20. The largest absolute Gasteiger partial charge is 0.343 e. The molecule has 0 aromatic heterocycles. The molecule has 2 aromatic rings. The second-order valence-corrected chi connectivity index (χ2v) is 30.0. The van der Waals surface area contributed by atoms with E-state index in [2.05, 4.69) is 48.0 Å². The Morgan fingerprint density at radius 1 is 0.816 bits per heavy atom. The third-order valence-corrected chi connectivity index (χ3v) is 28.3. The Morgan fingerprint density at radius 3 is 1.88 bits per heavy atom. The normalized spacial score (nSPS) is 17.3. The molecule has 272 valence electrons. The van der Waals surface area contributed by atoms with E-state index in [0.717, 1.165) is 18.4 Å². The zero-order valence-electron chi connectivity index (χ0n) is 27.3. The highest BCUT2D eigenvalue weighted by Crippen LogP contribution is 2.36. The lowest BCUT2D eigenvalue weighted by Crippen LogP contribution is -2.60. The van der Waals surface area contributed by atoms with Crippen LogP contribution in [0.3, 0.4) is 0 Å². The smallest absolute Gasteiger partial charge is 0.223 e. The molecular formula is C30H39F2N3O2S12. The molecule has 0 radical (unpaired) electrons. The number of carbonyl (C=O) groups excluding carboxylic acids is 2. The molecule has 1 unspecified atom stereocenters. The number of likely N-dealkylation sites (tertiary alicyclic amines) is 1. The summed E-state index contributed by atoms with van der Waals surface area (Å²) in [6.45, 7) is 11.2. The van der Waals surface area contributed by atoms with Gasteiger partial charge in [0.15, 0.2) is 0 Å². The number of piperazine rings is 1. The molecule has 0 spiro atoms. The van der Waals surface area contributed by atoms with Crippen molar-refractivity contribution in [2.45, 2.75) is 59.0 Å². The van der Waals surface area contributed by atoms with E-state index in [1.54, 1.807) is 102 Å². The Balaban J connectivity index is 0.000000463. The van der Waals surface area contributed by atoms with Gasteiger partial charge in [-0.25, -0.2) is 8.78 Å². The minimum absolute atomic E-state index is 0.0548. The molecule has 2 amide bonds. The van der Waals surface area contributed by atoms with Gasteiger partial charge in [0.05, 0.1) is 6.04 Å². The average molecular weight is 896 g/mol. The van der Waals surface area contributed by atoms with Crippen LogP contribution in [0, 0.1) is 23.0 Å². The minimum Gasteiger partial charge on any atom is -0.343 e. The van der Waals surface area contributed by atoms with Gasteiger partial charge in [0.25, 0.3) is 0 Å². The summed E-state index contributed by atoms with van der Waals surface area (Å²) >= 11 is 9.38. The first-order chi connectivity index (χ1) is 23.5. The molecule has 2 atom stereocenters. The first-order valence-corrected chi connectivity index (χ1v) is 29.8. The maximum Gasteiger partial charge on any atom is 0.223 e. The van der Waals surface area contributed by atoms with Crippen LogP contribution < -0.4 is 0 Å². The highest BCUT2D eigenvalue weighted by Gasteiger charge is 2.41. The van der Waals surface area contributed by atoms with E-state index in [9.17, 15) is 14.0 Å². The van der Waals surface area contributed by atoms with Gasteiger partial charge in [0.2, 0.25) is 11.8 Å². The zero-order chi connectivity index (χ0) is 35.8. The van der Waals surface area contributed by atoms with Crippen molar-refractivity contribution in [3.63, 3.8) is 0 Å². The van der Waals surface area contributed by atoms with Crippen molar-refractivity contribution in [1.82, 2.24) is 14.7 Å². The van der Waals surface area contributed by atoms with Gasteiger partial charge in [0, 0.05) is 169 Å². The first kappa shape index (κ1) is 43.2. The maximum absolute atomic E-state index is 15.0. The van der Waals surface area contributed by atoms with Crippen LogP contribution in [0.5, 0.6) is 0 Å². The van der Waals surface area contributed by atoms with Crippen molar-refractivity contribution < 1.29 is 18.4 Å². The fraction of sp³-hybridized carbons (Fsp3) is 0.533. The molecule has 49 heavy (non-hydrogen) atoms. The summed E-state index contributed by atoms with van der Waals surface area (Å²) in [6, 6.07) is 12.6. The van der Waals surface area contributed by atoms with E-state index in [1.807, 2.05) is 15.9 Å². The van der Waals surface area contributed by atoms with E-state index >= 15 is 4.39 Å². The number of nitrogens with zero attached hydrogens (tertiary/aromatic N) is 3. The summed E-state index contributed by atoms with van der Waals surface area (Å²) in [5.41, 5.74) is 1.20. The fourth-order valence-electron chi connectivity index (χ4n) is 5.91. The molecule has 2 fully saturated rings. The molecule has 4 rings (SSSR count). The Kier molecular flexibility index (Phi) is 20.1. The summed E-state index contributed by atoms with van der Waals surface area (Å²) in [7, 11) is 16.3. The Labute approximate surface area is 327 Å². The van der Waals surface area contributed by atoms with Crippen LogP contribution >= 0.6 is 0 Å². The Hall–Kier alpha value is -0.160. The molecular weight excluding hydrogens is 857 g/mol. The summed E-state index contributed by atoms with van der Waals surface area (Å²) < 4.78 is 28.8. The lowest BCUT2D eigenvalue weighted by atomic mass is 9.82. The second-order valence-electron chi connectivity index (χ2n) is 12.3. The predicted molar refractivity (Wildman–Crippen MR) is 229 cm³/mol. The van der Waals surface area contributed by atoms with Crippen LogP contribution in [0.1, 0.15) is 64.1 Å². The second kappa shape index (κ2) is 22.8. The highest BCUT2D eigenvalue weighted by atomic mass is 33.4. The summed E-state index contributed by atoms with van der Waals surface area (Å²) in [5, 5.41) is 0. The molecule has 5 nitrogen and oxygen atoms in total. The molecule has 0 saturated carbocycles. The molecule has 2 aliphatic rings. The van der Waals surface area contributed by atoms with E-state index in [1.165, 1.54) is 36.0 Å². The minimum atomic E-state index is -0.375. The van der Waals surface area contributed by atoms with Gasteiger partial charge in [-0.05, 0) is 47.9 Å². The SMILES string of the molecule is CC(=O)N1CCC(CC(=O)N2CCN(C(c3ccc(F)cc3)c3ccccc3F)C[C@@H]2C(C)(C)C)CC1.S=S=S=S=S=S=S=S=S=S=S=S. The van der Waals surface area contributed by atoms with Gasteiger partial charge < -0.3 is 9.80 Å². The van der Waals surface area contributed by atoms with Gasteiger partial charge in [-0.3, -0.25) is 14.5 Å².